The van der Waals surface area contributed by atoms with Gasteiger partial charge >= 0.3 is 0 Å². The van der Waals surface area contributed by atoms with Crippen LogP contribution in [0.1, 0.15) is 22.8 Å². The van der Waals surface area contributed by atoms with Gasteiger partial charge in [-0.25, -0.2) is 0 Å². The number of benzene rings is 2. The summed E-state index contributed by atoms with van der Waals surface area (Å²) >= 11 is 0. The molecule has 2 aromatic carbocycles. The third kappa shape index (κ3) is 2.62. The first-order chi connectivity index (χ1) is 8.72. The zero-order valence-electron chi connectivity index (χ0n) is 10.9. The molecule has 0 heterocycles. The predicted molar refractivity (Wildman–Crippen MR) is 75.9 cm³/mol. The summed E-state index contributed by atoms with van der Waals surface area (Å²) in [7, 11) is 0. The van der Waals surface area contributed by atoms with Gasteiger partial charge in [0.15, 0.2) is 0 Å². The van der Waals surface area contributed by atoms with Crippen molar-refractivity contribution in [2.45, 2.75) is 20.0 Å². The zero-order valence-corrected chi connectivity index (χ0v) is 10.9. The fraction of sp³-hybridized carbons (Fsp3) is 0.176. The second-order valence-corrected chi connectivity index (χ2v) is 4.41. The Balaban J connectivity index is 2.29. The molecule has 0 saturated heterocycles. The Labute approximate surface area is 109 Å². The van der Waals surface area contributed by atoms with Crippen LogP contribution in [0.2, 0.25) is 0 Å². The largest absolute Gasteiger partial charge is 0.481 e. The van der Waals surface area contributed by atoms with Crippen molar-refractivity contribution in [1.29, 1.82) is 0 Å². The molecule has 1 unspecified atom stereocenters. The van der Waals surface area contributed by atoms with Crippen LogP contribution in [-0.2, 0) is 0 Å². The quantitative estimate of drug-likeness (QED) is 0.707. The van der Waals surface area contributed by atoms with Gasteiger partial charge in [0.2, 0.25) is 0 Å². The van der Waals surface area contributed by atoms with Crippen LogP contribution in [0.4, 0.5) is 0 Å². The average Bonchev–Trinajstić information content (AvgIpc) is 2.40. The number of hydrogen-bond acceptors (Lipinski definition) is 1. The van der Waals surface area contributed by atoms with E-state index < -0.39 is 0 Å². The second kappa shape index (κ2) is 5.54. The van der Waals surface area contributed by atoms with Crippen molar-refractivity contribution < 1.29 is 4.74 Å². The maximum Gasteiger partial charge on any atom is 0.142 e. The smallest absolute Gasteiger partial charge is 0.142 e. The highest BCUT2D eigenvalue weighted by atomic mass is 16.5. The van der Waals surface area contributed by atoms with E-state index in [1.54, 1.807) is 0 Å². The minimum absolute atomic E-state index is 0.106. The molecule has 0 N–H and O–H groups in total. The Hall–Kier alpha value is -2.02. The summed E-state index contributed by atoms with van der Waals surface area (Å²) in [6, 6.07) is 16.3. The lowest BCUT2D eigenvalue weighted by Gasteiger charge is -2.19. The molecular formula is C17H18O. The highest BCUT2D eigenvalue weighted by Gasteiger charge is 2.11. The highest BCUT2D eigenvalue weighted by molar-refractivity contribution is 5.40. The molecule has 1 nitrogen and oxygen atoms in total. The molecule has 0 aliphatic heterocycles. The van der Waals surface area contributed by atoms with Crippen LogP contribution in [0.5, 0.6) is 5.75 Å². The lowest BCUT2D eigenvalue weighted by molar-refractivity contribution is 0.252. The van der Waals surface area contributed by atoms with E-state index in [9.17, 15) is 0 Å². The van der Waals surface area contributed by atoms with Crippen molar-refractivity contribution in [1.82, 2.24) is 0 Å². The van der Waals surface area contributed by atoms with Crippen LogP contribution in [0.15, 0.2) is 61.2 Å². The van der Waals surface area contributed by atoms with E-state index in [1.807, 2.05) is 30.3 Å². The third-order valence-electron chi connectivity index (χ3n) is 3.00. The van der Waals surface area contributed by atoms with E-state index in [4.69, 9.17) is 4.74 Å². The van der Waals surface area contributed by atoms with E-state index in [2.05, 4.69) is 44.7 Å². The molecule has 92 valence electrons. The maximum absolute atomic E-state index is 6.09. The fourth-order valence-corrected chi connectivity index (χ4v) is 2.01. The molecule has 0 spiro atoms. The van der Waals surface area contributed by atoms with Crippen molar-refractivity contribution >= 4 is 0 Å². The van der Waals surface area contributed by atoms with Crippen LogP contribution in [0.3, 0.4) is 0 Å². The molecule has 0 amide bonds. The van der Waals surface area contributed by atoms with Crippen molar-refractivity contribution in [3.63, 3.8) is 0 Å². The monoisotopic (exact) mass is 238 g/mol. The first-order valence-corrected chi connectivity index (χ1v) is 6.12. The van der Waals surface area contributed by atoms with Crippen molar-refractivity contribution in [3.8, 4) is 5.75 Å². The minimum atomic E-state index is -0.106. The number of ether oxygens (including phenoxy) is 1. The summed E-state index contributed by atoms with van der Waals surface area (Å²) < 4.78 is 6.09. The van der Waals surface area contributed by atoms with E-state index in [0.29, 0.717) is 0 Å². The summed E-state index contributed by atoms with van der Waals surface area (Å²) in [6.45, 7) is 7.99. The minimum Gasteiger partial charge on any atom is -0.481 e. The molecule has 2 rings (SSSR count). The van der Waals surface area contributed by atoms with Gasteiger partial charge in [0.25, 0.3) is 0 Å². The van der Waals surface area contributed by atoms with Crippen LogP contribution in [-0.4, -0.2) is 0 Å². The van der Waals surface area contributed by atoms with E-state index in [1.165, 1.54) is 0 Å². The topological polar surface area (TPSA) is 9.23 Å². The molecule has 0 aliphatic rings. The van der Waals surface area contributed by atoms with Gasteiger partial charge in [-0.05, 0) is 36.6 Å². The average molecular weight is 238 g/mol. The summed E-state index contributed by atoms with van der Waals surface area (Å²) in [5, 5.41) is 0. The summed E-state index contributed by atoms with van der Waals surface area (Å²) in [5.41, 5.74) is 3.42. The molecule has 0 aromatic heterocycles. The van der Waals surface area contributed by atoms with E-state index in [-0.39, 0.29) is 6.10 Å². The summed E-state index contributed by atoms with van der Waals surface area (Å²) in [6.07, 6.45) is 1.73. The van der Waals surface area contributed by atoms with Crippen molar-refractivity contribution in [2.24, 2.45) is 0 Å². The molecule has 1 heteroatoms. The number of hydrogen-bond donors (Lipinski definition) is 0. The van der Waals surface area contributed by atoms with Crippen molar-refractivity contribution in [3.05, 3.63) is 77.9 Å². The molecule has 2 aromatic rings. The van der Waals surface area contributed by atoms with Crippen LogP contribution < -0.4 is 4.74 Å². The molecule has 18 heavy (non-hydrogen) atoms. The Morgan fingerprint density at radius 2 is 1.56 bits per heavy atom. The van der Waals surface area contributed by atoms with Gasteiger partial charge in [-0.15, -0.1) is 0 Å². The lowest BCUT2D eigenvalue weighted by atomic mass is 10.1. The SMILES string of the molecule is C=CC(Oc1c(C)cccc1C)c1ccccc1. The van der Waals surface area contributed by atoms with Crippen LogP contribution in [0, 0.1) is 13.8 Å². The number of aryl methyl sites for hydroxylation is 2. The van der Waals surface area contributed by atoms with E-state index in [0.717, 1.165) is 22.4 Å². The van der Waals surface area contributed by atoms with Crippen LogP contribution in [0.25, 0.3) is 0 Å². The first kappa shape index (κ1) is 12.4. The van der Waals surface area contributed by atoms with Crippen molar-refractivity contribution in [2.75, 3.05) is 0 Å². The Kier molecular flexibility index (Phi) is 3.83. The van der Waals surface area contributed by atoms with Crippen LogP contribution >= 0.6 is 0 Å². The van der Waals surface area contributed by atoms with Gasteiger partial charge in [-0.1, -0.05) is 55.1 Å². The summed E-state index contributed by atoms with van der Waals surface area (Å²) in [5.74, 6) is 0.950. The maximum atomic E-state index is 6.09. The molecular weight excluding hydrogens is 220 g/mol. The van der Waals surface area contributed by atoms with Gasteiger partial charge in [0.05, 0.1) is 0 Å². The Bertz CT molecular complexity index is 508. The summed E-state index contributed by atoms with van der Waals surface area (Å²) in [4.78, 5) is 0. The molecule has 1 atom stereocenters. The third-order valence-corrected chi connectivity index (χ3v) is 3.00. The highest BCUT2D eigenvalue weighted by Crippen LogP contribution is 2.28. The standard InChI is InChI=1S/C17H18O/c1-4-16(15-11-6-5-7-12-15)18-17-13(2)9-8-10-14(17)3/h4-12,16H,1H2,2-3H3. The molecule has 0 saturated carbocycles. The zero-order chi connectivity index (χ0) is 13.0. The fourth-order valence-electron chi connectivity index (χ4n) is 2.01. The van der Waals surface area contributed by atoms with Gasteiger partial charge in [0.1, 0.15) is 11.9 Å². The van der Waals surface area contributed by atoms with Gasteiger partial charge in [-0.3, -0.25) is 0 Å². The second-order valence-electron chi connectivity index (χ2n) is 4.41. The molecule has 0 bridgehead atoms. The number of rotatable bonds is 4. The Morgan fingerprint density at radius 1 is 0.944 bits per heavy atom. The lowest BCUT2D eigenvalue weighted by Crippen LogP contribution is -2.06. The molecule has 0 radical (unpaired) electrons. The normalized spacial score (nSPS) is 11.9. The molecule has 0 fully saturated rings. The predicted octanol–water partition coefficient (Wildman–Crippen LogP) is 4.61. The van der Waals surface area contributed by atoms with E-state index >= 15 is 0 Å². The van der Waals surface area contributed by atoms with Gasteiger partial charge in [-0.2, -0.15) is 0 Å². The van der Waals surface area contributed by atoms with Gasteiger partial charge in [0, 0.05) is 0 Å². The van der Waals surface area contributed by atoms with Gasteiger partial charge < -0.3 is 4.74 Å². The number of para-hydroxylation sites is 1. The molecule has 0 aliphatic carbocycles. The first-order valence-electron chi connectivity index (χ1n) is 6.12. The Morgan fingerprint density at radius 3 is 2.11 bits per heavy atom.